The van der Waals surface area contributed by atoms with Gasteiger partial charge in [0.25, 0.3) is 0 Å². The van der Waals surface area contributed by atoms with Gasteiger partial charge in [-0.2, -0.15) is 0 Å². The summed E-state index contributed by atoms with van der Waals surface area (Å²) in [5.41, 5.74) is 2.66. The van der Waals surface area contributed by atoms with Gasteiger partial charge in [0.05, 0.1) is 0 Å². The average Bonchev–Trinajstić information content (AvgIpc) is 2.57. The number of nitrogens with zero attached hydrogens (tertiary/aromatic N) is 1. The Balaban J connectivity index is 2.47. The molecule has 1 nitrogen and oxygen atoms in total. The maximum Gasteiger partial charge on any atom is 0.126 e. The minimum absolute atomic E-state index is 0.165. The van der Waals surface area contributed by atoms with E-state index in [9.17, 15) is 4.39 Å². The van der Waals surface area contributed by atoms with Gasteiger partial charge in [0.15, 0.2) is 0 Å². The molecule has 3 heteroatoms. The number of aryl methyl sites for hydroxylation is 2. The summed E-state index contributed by atoms with van der Waals surface area (Å²) in [4.78, 5) is 4.35. The number of aromatic nitrogens is 1. The van der Waals surface area contributed by atoms with Crippen LogP contribution in [0.5, 0.6) is 0 Å². The van der Waals surface area contributed by atoms with Crippen molar-refractivity contribution in [3.8, 4) is 10.6 Å². The van der Waals surface area contributed by atoms with Gasteiger partial charge >= 0.3 is 0 Å². The normalized spacial score (nSPS) is 10.5. The fourth-order valence-electron chi connectivity index (χ4n) is 1.26. The predicted octanol–water partition coefficient (Wildman–Crippen LogP) is 3.57. The van der Waals surface area contributed by atoms with E-state index in [1.165, 1.54) is 6.07 Å². The molecule has 0 saturated heterocycles. The van der Waals surface area contributed by atoms with Crippen LogP contribution in [-0.2, 0) is 0 Å². The number of hydrogen-bond acceptors (Lipinski definition) is 2. The van der Waals surface area contributed by atoms with Gasteiger partial charge in [-0.3, -0.25) is 0 Å². The Hall–Kier alpha value is -1.22. The summed E-state index contributed by atoms with van der Waals surface area (Å²) in [5.74, 6) is -0.165. The van der Waals surface area contributed by atoms with Gasteiger partial charge in [-0.1, -0.05) is 0 Å². The van der Waals surface area contributed by atoms with E-state index >= 15 is 0 Å². The summed E-state index contributed by atoms with van der Waals surface area (Å²) in [5, 5.41) is 2.94. The van der Waals surface area contributed by atoms with Crippen LogP contribution in [0.1, 0.15) is 11.3 Å². The van der Waals surface area contributed by atoms with Crippen molar-refractivity contribution < 1.29 is 4.39 Å². The van der Waals surface area contributed by atoms with E-state index in [-0.39, 0.29) is 5.82 Å². The molecule has 0 aliphatic carbocycles. The number of halogens is 1. The van der Waals surface area contributed by atoms with Crippen molar-refractivity contribution in [2.45, 2.75) is 13.8 Å². The summed E-state index contributed by atoms with van der Waals surface area (Å²) in [6.45, 7) is 3.72. The molecule has 0 unspecified atom stereocenters. The lowest BCUT2D eigenvalue weighted by Gasteiger charge is -1.99. The summed E-state index contributed by atoms with van der Waals surface area (Å²) in [7, 11) is 0. The Morgan fingerprint density at radius 2 is 2.07 bits per heavy atom. The first-order valence-corrected chi connectivity index (χ1v) is 5.23. The van der Waals surface area contributed by atoms with Crippen molar-refractivity contribution in [3.63, 3.8) is 0 Å². The minimum atomic E-state index is -0.165. The van der Waals surface area contributed by atoms with Gasteiger partial charge in [0.2, 0.25) is 0 Å². The molecule has 0 bridgehead atoms. The molecule has 0 amide bonds. The van der Waals surface area contributed by atoms with Crippen LogP contribution < -0.4 is 0 Å². The molecule has 0 aliphatic rings. The topological polar surface area (TPSA) is 12.9 Å². The standard InChI is InChI=1S/C11H10FNS/c1-7-5-9(3-4-10(7)12)11-13-8(2)6-14-11/h3-6H,1-2H3. The molecule has 2 rings (SSSR count). The van der Waals surface area contributed by atoms with Crippen molar-refractivity contribution in [2.75, 3.05) is 0 Å². The maximum atomic E-state index is 13.0. The van der Waals surface area contributed by atoms with E-state index in [0.29, 0.717) is 5.56 Å². The first-order valence-electron chi connectivity index (χ1n) is 4.35. The van der Waals surface area contributed by atoms with Gasteiger partial charge < -0.3 is 0 Å². The zero-order chi connectivity index (χ0) is 10.1. The van der Waals surface area contributed by atoms with E-state index < -0.39 is 0 Å². The molecular formula is C11H10FNS. The average molecular weight is 207 g/mol. The second kappa shape index (κ2) is 3.50. The highest BCUT2D eigenvalue weighted by atomic mass is 32.1. The van der Waals surface area contributed by atoms with Gasteiger partial charge in [-0.05, 0) is 37.6 Å². The van der Waals surface area contributed by atoms with E-state index in [4.69, 9.17) is 0 Å². The zero-order valence-corrected chi connectivity index (χ0v) is 8.86. The molecule has 0 N–H and O–H groups in total. The molecule has 1 heterocycles. The maximum absolute atomic E-state index is 13.0. The second-order valence-corrected chi connectivity index (χ2v) is 4.12. The zero-order valence-electron chi connectivity index (χ0n) is 8.04. The van der Waals surface area contributed by atoms with Crippen molar-refractivity contribution >= 4 is 11.3 Å². The first kappa shape index (κ1) is 9.34. The molecule has 0 spiro atoms. The molecule has 0 aliphatic heterocycles. The first-order chi connectivity index (χ1) is 6.66. The molecule has 1 aromatic heterocycles. The quantitative estimate of drug-likeness (QED) is 0.696. The molecule has 14 heavy (non-hydrogen) atoms. The Morgan fingerprint density at radius 1 is 1.29 bits per heavy atom. The van der Waals surface area contributed by atoms with Crippen LogP contribution in [0.15, 0.2) is 23.6 Å². The number of hydrogen-bond donors (Lipinski definition) is 0. The van der Waals surface area contributed by atoms with Crippen molar-refractivity contribution in [1.29, 1.82) is 0 Å². The highest BCUT2D eigenvalue weighted by Gasteiger charge is 2.04. The van der Waals surface area contributed by atoms with Gasteiger partial charge in [0, 0.05) is 16.6 Å². The van der Waals surface area contributed by atoms with Crippen LogP contribution in [-0.4, -0.2) is 4.98 Å². The number of benzene rings is 1. The third-order valence-corrected chi connectivity index (χ3v) is 3.03. The Labute approximate surface area is 86.2 Å². The molecule has 0 saturated carbocycles. The Kier molecular flexibility index (Phi) is 2.33. The van der Waals surface area contributed by atoms with Gasteiger partial charge in [-0.25, -0.2) is 9.37 Å². The van der Waals surface area contributed by atoms with Crippen LogP contribution >= 0.6 is 11.3 Å². The van der Waals surface area contributed by atoms with Crippen LogP contribution in [0.25, 0.3) is 10.6 Å². The van der Waals surface area contributed by atoms with E-state index in [1.54, 1.807) is 24.3 Å². The van der Waals surface area contributed by atoms with Gasteiger partial charge in [-0.15, -0.1) is 11.3 Å². The van der Waals surface area contributed by atoms with Crippen LogP contribution in [0.2, 0.25) is 0 Å². The lowest BCUT2D eigenvalue weighted by Crippen LogP contribution is -1.83. The largest absolute Gasteiger partial charge is 0.241 e. The van der Waals surface area contributed by atoms with E-state index in [2.05, 4.69) is 4.98 Å². The molecule has 1 aromatic carbocycles. The third-order valence-electron chi connectivity index (χ3n) is 2.02. The molecule has 2 aromatic rings. The van der Waals surface area contributed by atoms with E-state index in [1.807, 2.05) is 18.4 Å². The summed E-state index contributed by atoms with van der Waals surface area (Å²) < 4.78 is 13.0. The molecular weight excluding hydrogens is 197 g/mol. The van der Waals surface area contributed by atoms with Crippen molar-refractivity contribution in [2.24, 2.45) is 0 Å². The summed E-state index contributed by atoms with van der Waals surface area (Å²) in [6, 6.07) is 5.08. The fraction of sp³-hybridized carbons (Fsp3) is 0.182. The second-order valence-electron chi connectivity index (χ2n) is 3.26. The van der Waals surface area contributed by atoms with E-state index in [0.717, 1.165) is 16.3 Å². The monoisotopic (exact) mass is 207 g/mol. The fourth-order valence-corrected chi connectivity index (χ4v) is 2.06. The highest BCUT2D eigenvalue weighted by molar-refractivity contribution is 7.13. The van der Waals surface area contributed by atoms with Crippen LogP contribution in [0, 0.1) is 19.7 Å². The predicted molar refractivity (Wildman–Crippen MR) is 57.0 cm³/mol. The van der Waals surface area contributed by atoms with Gasteiger partial charge in [0.1, 0.15) is 10.8 Å². The number of rotatable bonds is 1. The Bertz CT molecular complexity index is 462. The Morgan fingerprint density at radius 3 is 2.64 bits per heavy atom. The molecule has 0 atom stereocenters. The molecule has 0 radical (unpaired) electrons. The van der Waals surface area contributed by atoms with Crippen molar-refractivity contribution in [1.82, 2.24) is 4.98 Å². The van der Waals surface area contributed by atoms with Crippen molar-refractivity contribution in [3.05, 3.63) is 40.7 Å². The van der Waals surface area contributed by atoms with Crippen LogP contribution in [0.4, 0.5) is 4.39 Å². The molecule has 0 fully saturated rings. The lowest BCUT2D eigenvalue weighted by atomic mass is 10.1. The summed E-state index contributed by atoms with van der Waals surface area (Å²) >= 11 is 1.58. The highest BCUT2D eigenvalue weighted by Crippen LogP contribution is 2.24. The number of thiazole rings is 1. The summed E-state index contributed by atoms with van der Waals surface area (Å²) in [6.07, 6.45) is 0. The third kappa shape index (κ3) is 1.68. The SMILES string of the molecule is Cc1csc(-c2ccc(F)c(C)c2)n1. The smallest absolute Gasteiger partial charge is 0.126 e. The lowest BCUT2D eigenvalue weighted by molar-refractivity contribution is 0.619. The molecule has 72 valence electrons. The van der Waals surface area contributed by atoms with Crippen LogP contribution in [0.3, 0.4) is 0 Å². The minimum Gasteiger partial charge on any atom is -0.241 e.